The number of hydrogen-bond donors (Lipinski definition) is 0. The first-order chi connectivity index (χ1) is 12.3. The summed E-state index contributed by atoms with van der Waals surface area (Å²) in [6.45, 7) is 10.3. The molecule has 26 heavy (non-hydrogen) atoms. The van der Waals surface area contributed by atoms with Crippen molar-refractivity contribution in [3.05, 3.63) is 56.2 Å². The zero-order valence-corrected chi connectivity index (χ0v) is 17.3. The van der Waals surface area contributed by atoms with Gasteiger partial charge in [0.15, 0.2) is 10.9 Å². The number of fused-ring (bicyclic) bond motifs is 1. The number of benzene rings is 1. The van der Waals surface area contributed by atoms with Crippen molar-refractivity contribution in [3.63, 3.8) is 0 Å². The van der Waals surface area contributed by atoms with Crippen LogP contribution in [-0.2, 0) is 6.54 Å². The summed E-state index contributed by atoms with van der Waals surface area (Å²) in [4.78, 5) is 32.2. The minimum absolute atomic E-state index is 0.0168. The number of carbonyl (C=O) groups excluding carboxylic acids is 1. The molecule has 0 saturated heterocycles. The summed E-state index contributed by atoms with van der Waals surface area (Å²) in [6.07, 6.45) is 0. The van der Waals surface area contributed by atoms with Gasteiger partial charge in [0, 0.05) is 17.0 Å². The molecule has 4 nitrogen and oxygen atoms in total. The van der Waals surface area contributed by atoms with Crippen molar-refractivity contribution in [2.75, 3.05) is 0 Å². The van der Waals surface area contributed by atoms with Crippen molar-refractivity contribution in [2.45, 2.75) is 51.6 Å². The van der Waals surface area contributed by atoms with Gasteiger partial charge in [0.2, 0.25) is 0 Å². The molecule has 0 radical (unpaired) electrons. The van der Waals surface area contributed by atoms with E-state index in [-0.39, 0.29) is 16.6 Å². The molecule has 1 aromatic carbocycles. The molecule has 0 amide bonds. The van der Waals surface area contributed by atoms with E-state index in [1.165, 1.54) is 23.1 Å². The van der Waals surface area contributed by atoms with Gasteiger partial charge in [-0.15, -0.1) is 11.3 Å². The Bertz CT molecular complexity index is 1030. The van der Waals surface area contributed by atoms with Crippen LogP contribution in [0.4, 0.5) is 0 Å². The largest absolute Gasteiger partial charge is 0.293 e. The first kappa shape index (κ1) is 18.9. The summed E-state index contributed by atoms with van der Waals surface area (Å²) in [5.74, 6) is 0.0468. The number of thiophene rings is 1. The quantitative estimate of drug-likeness (QED) is 0.360. The van der Waals surface area contributed by atoms with Crippen molar-refractivity contribution in [1.82, 2.24) is 9.55 Å². The van der Waals surface area contributed by atoms with E-state index in [0.29, 0.717) is 22.7 Å². The van der Waals surface area contributed by atoms with Gasteiger partial charge >= 0.3 is 0 Å². The molecule has 6 heteroatoms. The minimum Gasteiger partial charge on any atom is -0.293 e. The lowest BCUT2D eigenvalue weighted by molar-refractivity contribution is 0.0994. The summed E-state index contributed by atoms with van der Waals surface area (Å²) in [6, 6.07) is 7.58. The normalized spacial score (nSPS) is 12.5. The van der Waals surface area contributed by atoms with E-state index in [0.717, 1.165) is 20.8 Å². The van der Waals surface area contributed by atoms with Gasteiger partial charge in [0.25, 0.3) is 5.56 Å². The van der Waals surface area contributed by atoms with Crippen molar-refractivity contribution >= 4 is 39.1 Å². The fourth-order valence-corrected chi connectivity index (χ4v) is 4.96. The molecule has 3 aromatic rings. The lowest BCUT2D eigenvalue weighted by Gasteiger charge is -2.14. The second-order valence-electron chi connectivity index (χ2n) is 6.40. The molecule has 0 fully saturated rings. The maximum atomic E-state index is 12.9. The van der Waals surface area contributed by atoms with E-state index in [9.17, 15) is 9.59 Å². The number of nitrogens with zero attached hydrogens (tertiary/aromatic N) is 2. The molecule has 2 heterocycles. The van der Waals surface area contributed by atoms with Crippen LogP contribution < -0.4 is 5.56 Å². The smallest absolute Gasteiger partial charge is 0.263 e. The third-order valence-corrected chi connectivity index (χ3v) is 6.75. The van der Waals surface area contributed by atoms with E-state index in [1.807, 2.05) is 58.9 Å². The predicted molar refractivity (Wildman–Crippen MR) is 110 cm³/mol. The van der Waals surface area contributed by atoms with E-state index in [1.54, 1.807) is 4.57 Å². The number of hydrogen-bond acceptors (Lipinski definition) is 5. The molecule has 0 N–H and O–H groups in total. The number of carbonyl (C=O) groups is 1. The van der Waals surface area contributed by atoms with Gasteiger partial charge in [-0.1, -0.05) is 41.6 Å². The molecule has 2 aromatic heterocycles. The van der Waals surface area contributed by atoms with Crippen LogP contribution in [0.15, 0.2) is 34.2 Å². The van der Waals surface area contributed by atoms with Crippen molar-refractivity contribution in [3.8, 4) is 0 Å². The number of aromatic nitrogens is 2. The summed E-state index contributed by atoms with van der Waals surface area (Å²) in [5, 5.41) is 0.998. The van der Waals surface area contributed by atoms with Gasteiger partial charge in [-0.05, 0) is 40.2 Å². The average Bonchev–Trinajstić information content (AvgIpc) is 2.89. The number of thioether (sulfide) groups is 1. The molecule has 1 atom stereocenters. The molecule has 3 rings (SSSR count). The molecule has 0 aliphatic rings. The second kappa shape index (κ2) is 7.37. The zero-order chi connectivity index (χ0) is 19.0. The van der Waals surface area contributed by atoms with Crippen LogP contribution in [0.5, 0.6) is 0 Å². The molecule has 0 spiro atoms. The first-order valence-electron chi connectivity index (χ1n) is 8.61. The highest BCUT2D eigenvalue weighted by molar-refractivity contribution is 8.00. The maximum absolute atomic E-state index is 12.9. The van der Waals surface area contributed by atoms with E-state index >= 15 is 0 Å². The Morgan fingerprint density at radius 2 is 1.88 bits per heavy atom. The zero-order valence-electron chi connectivity index (χ0n) is 15.6. The SMILES string of the molecule is CCn1c(S[C@@H](C)C(=O)c2ccc(C)cc2)nc2sc(C)c(C)c2c1=O. The molecule has 0 unspecified atom stereocenters. The lowest BCUT2D eigenvalue weighted by atomic mass is 10.1. The first-order valence-corrected chi connectivity index (χ1v) is 10.3. The Hall–Kier alpha value is -1.92. The molecule has 0 saturated carbocycles. The Morgan fingerprint density at radius 3 is 2.50 bits per heavy atom. The third kappa shape index (κ3) is 3.35. The number of ketones is 1. The summed E-state index contributed by atoms with van der Waals surface area (Å²) >= 11 is 2.89. The number of rotatable bonds is 5. The van der Waals surface area contributed by atoms with Crippen molar-refractivity contribution in [2.24, 2.45) is 0 Å². The number of Topliss-reactive ketones (excluding diaryl/α,β-unsaturated/α-hetero) is 1. The van der Waals surface area contributed by atoms with Gasteiger partial charge in [-0.2, -0.15) is 0 Å². The molecule has 0 aliphatic carbocycles. The van der Waals surface area contributed by atoms with Crippen LogP contribution in [0.2, 0.25) is 0 Å². The fraction of sp³-hybridized carbons (Fsp3) is 0.350. The van der Waals surface area contributed by atoms with Crippen LogP contribution >= 0.6 is 23.1 Å². The minimum atomic E-state index is -0.318. The van der Waals surface area contributed by atoms with E-state index < -0.39 is 0 Å². The maximum Gasteiger partial charge on any atom is 0.263 e. The molecular weight excluding hydrogens is 364 g/mol. The lowest BCUT2D eigenvalue weighted by Crippen LogP contribution is -2.24. The van der Waals surface area contributed by atoms with Crippen LogP contribution in [-0.4, -0.2) is 20.6 Å². The van der Waals surface area contributed by atoms with Crippen LogP contribution in [0.3, 0.4) is 0 Å². The van der Waals surface area contributed by atoms with Gasteiger partial charge in [-0.25, -0.2) is 4.98 Å². The van der Waals surface area contributed by atoms with Gasteiger partial charge < -0.3 is 0 Å². The van der Waals surface area contributed by atoms with E-state index in [4.69, 9.17) is 4.98 Å². The van der Waals surface area contributed by atoms with Gasteiger partial charge in [0.1, 0.15) is 4.83 Å². The fourth-order valence-electron chi connectivity index (χ4n) is 2.84. The topological polar surface area (TPSA) is 52.0 Å². The number of aryl methyl sites for hydroxylation is 3. The Balaban J connectivity index is 1.98. The van der Waals surface area contributed by atoms with E-state index in [2.05, 4.69) is 0 Å². The highest BCUT2D eigenvalue weighted by Gasteiger charge is 2.21. The highest BCUT2D eigenvalue weighted by atomic mass is 32.2. The Labute approximate surface area is 161 Å². The predicted octanol–water partition coefficient (Wildman–Crippen LogP) is 4.77. The molecule has 136 valence electrons. The van der Waals surface area contributed by atoms with Crippen molar-refractivity contribution < 1.29 is 4.79 Å². The van der Waals surface area contributed by atoms with Crippen molar-refractivity contribution in [1.29, 1.82) is 0 Å². The van der Waals surface area contributed by atoms with Gasteiger partial charge in [-0.3, -0.25) is 14.2 Å². The molecule has 0 aliphatic heterocycles. The average molecular weight is 387 g/mol. The van der Waals surface area contributed by atoms with Crippen LogP contribution in [0.25, 0.3) is 10.2 Å². The van der Waals surface area contributed by atoms with Crippen LogP contribution in [0.1, 0.15) is 40.2 Å². The molecule has 0 bridgehead atoms. The van der Waals surface area contributed by atoms with Crippen LogP contribution in [0, 0.1) is 20.8 Å². The standard InChI is InChI=1S/C20H22N2O2S2/c1-6-22-19(24)16-12(3)13(4)25-18(16)21-20(22)26-14(5)17(23)15-9-7-11(2)8-10-15/h7-10,14H,6H2,1-5H3/t14-/m0/s1. The highest BCUT2D eigenvalue weighted by Crippen LogP contribution is 2.30. The summed E-state index contributed by atoms with van der Waals surface area (Å²) in [7, 11) is 0. The monoisotopic (exact) mass is 386 g/mol. The molecular formula is C20H22N2O2S2. The summed E-state index contributed by atoms with van der Waals surface area (Å²) in [5.41, 5.74) is 2.80. The Kier molecular flexibility index (Phi) is 5.34. The second-order valence-corrected chi connectivity index (χ2v) is 8.91. The summed E-state index contributed by atoms with van der Waals surface area (Å²) < 4.78 is 1.67. The third-order valence-electron chi connectivity index (χ3n) is 4.56. The van der Waals surface area contributed by atoms with Gasteiger partial charge in [0.05, 0.1) is 10.6 Å². The Morgan fingerprint density at radius 1 is 1.23 bits per heavy atom.